The van der Waals surface area contributed by atoms with Crippen LogP contribution in [0.25, 0.3) is 0 Å². The van der Waals surface area contributed by atoms with Gasteiger partial charge in [0.15, 0.2) is 0 Å². The Morgan fingerprint density at radius 1 is 1.18 bits per heavy atom. The van der Waals surface area contributed by atoms with E-state index in [1.165, 1.54) is 6.07 Å². The van der Waals surface area contributed by atoms with Crippen LogP contribution in [0.15, 0.2) is 24.3 Å². The molecule has 0 amide bonds. The summed E-state index contributed by atoms with van der Waals surface area (Å²) < 4.78 is 31.6. The fourth-order valence-corrected chi connectivity index (χ4v) is 0.692. The highest BCUT2D eigenvalue weighted by Gasteiger charge is 2.03. The highest BCUT2D eigenvalue weighted by atomic mass is 32.3. The molecule has 0 aromatic heterocycles. The predicted octanol–water partition coefficient (Wildman–Crippen LogP) is 0.344. The van der Waals surface area contributed by atoms with Crippen LogP contribution >= 0.6 is 0 Å². The molecule has 0 spiro atoms. The SMILES string of the molecule is N#N.Nc1ccccc1C(=O)O.O=S(=O)(O)O. The zero-order chi connectivity index (χ0) is 14.1. The van der Waals surface area contributed by atoms with Gasteiger partial charge in [-0.15, -0.1) is 0 Å². The van der Waals surface area contributed by atoms with Crippen molar-refractivity contribution in [3.63, 3.8) is 0 Å². The lowest BCUT2D eigenvalue weighted by Crippen LogP contribution is -2.00. The molecule has 0 unspecified atom stereocenters. The van der Waals surface area contributed by atoms with Gasteiger partial charge in [-0.25, -0.2) is 4.79 Å². The number of anilines is 1. The van der Waals surface area contributed by atoms with Crippen molar-refractivity contribution in [3.8, 4) is 0 Å². The molecule has 0 fully saturated rings. The van der Waals surface area contributed by atoms with Crippen LogP contribution in [0.3, 0.4) is 0 Å². The molecule has 0 saturated heterocycles. The summed E-state index contributed by atoms with van der Waals surface area (Å²) in [6.45, 7) is 0. The van der Waals surface area contributed by atoms with Crippen molar-refractivity contribution in [3.05, 3.63) is 29.8 Å². The number of rotatable bonds is 1. The highest BCUT2D eigenvalue weighted by Crippen LogP contribution is 2.08. The maximum atomic E-state index is 10.3. The maximum absolute atomic E-state index is 10.3. The molecule has 0 atom stereocenters. The minimum absolute atomic E-state index is 0.155. The molecule has 0 heterocycles. The molecular weight excluding hydrogens is 254 g/mol. The minimum Gasteiger partial charge on any atom is -0.478 e. The molecule has 1 aromatic rings. The number of aromatic carboxylic acids is 1. The Labute approximate surface area is 96.5 Å². The van der Waals surface area contributed by atoms with E-state index in [0.29, 0.717) is 5.69 Å². The summed E-state index contributed by atoms with van der Waals surface area (Å²) in [5.41, 5.74) is 5.80. The molecule has 9 nitrogen and oxygen atoms in total. The second kappa shape index (κ2) is 7.99. The fraction of sp³-hybridized carbons (Fsp3) is 0. The number of hydrogen-bond donors (Lipinski definition) is 4. The smallest absolute Gasteiger partial charge is 0.394 e. The molecule has 0 aliphatic rings. The van der Waals surface area contributed by atoms with Gasteiger partial charge in [-0.05, 0) is 12.1 Å². The number of para-hydroxylation sites is 1. The van der Waals surface area contributed by atoms with E-state index < -0.39 is 16.4 Å². The van der Waals surface area contributed by atoms with Crippen LogP contribution in [0.5, 0.6) is 0 Å². The van der Waals surface area contributed by atoms with Crippen LogP contribution in [0.1, 0.15) is 10.4 Å². The van der Waals surface area contributed by atoms with E-state index >= 15 is 0 Å². The van der Waals surface area contributed by atoms with Gasteiger partial charge in [0, 0.05) is 16.5 Å². The van der Waals surface area contributed by atoms with Crippen LogP contribution in [0, 0.1) is 10.8 Å². The lowest BCUT2D eigenvalue weighted by molar-refractivity contribution is 0.0698. The first-order chi connectivity index (χ1) is 7.72. The molecule has 0 aliphatic carbocycles. The molecule has 17 heavy (non-hydrogen) atoms. The first kappa shape index (κ1) is 17.2. The number of nitrogens with zero attached hydrogens (tertiary/aromatic N) is 2. The van der Waals surface area contributed by atoms with E-state index in [1.54, 1.807) is 18.2 Å². The van der Waals surface area contributed by atoms with Crippen molar-refractivity contribution in [1.82, 2.24) is 0 Å². The summed E-state index contributed by atoms with van der Waals surface area (Å²) in [4.78, 5) is 10.3. The molecule has 0 radical (unpaired) electrons. The largest absolute Gasteiger partial charge is 0.478 e. The normalized spacial score (nSPS) is 8.94. The van der Waals surface area contributed by atoms with Gasteiger partial charge in [0.1, 0.15) is 0 Å². The fourth-order valence-electron chi connectivity index (χ4n) is 0.692. The van der Waals surface area contributed by atoms with Gasteiger partial charge in [0.2, 0.25) is 0 Å². The predicted molar refractivity (Wildman–Crippen MR) is 55.4 cm³/mol. The summed E-state index contributed by atoms with van der Waals surface area (Å²) in [5, 5.41) is 20.5. The molecule has 10 heteroatoms. The number of hydrogen-bond acceptors (Lipinski definition) is 6. The Kier molecular flexibility index (Phi) is 8.08. The van der Waals surface area contributed by atoms with Crippen molar-refractivity contribution < 1.29 is 27.4 Å². The van der Waals surface area contributed by atoms with Crippen molar-refractivity contribution in [2.75, 3.05) is 5.73 Å². The Morgan fingerprint density at radius 3 is 1.76 bits per heavy atom. The Morgan fingerprint density at radius 2 is 1.53 bits per heavy atom. The minimum atomic E-state index is -4.67. The lowest BCUT2D eigenvalue weighted by atomic mass is 10.2. The first-order valence-corrected chi connectivity index (χ1v) is 5.09. The van der Waals surface area contributed by atoms with Gasteiger partial charge in [0.05, 0.1) is 5.56 Å². The lowest BCUT2D eigenvalue weighted by Gasteiger charge is -1.96. The van der Waals surface area contributed by atoms with Crippen molar-refractivity contribution >= 4 is 22.1 Å². The average molecular weight is 263 g/mol. The Bertz CT molecular complexity index is 475. The van der Waals surface area contributed by atoms with Crippen LogP contribution in [0.2, 0.25) is 0 Å². The van der Waals surface area contributed by atoms with Gasteiger partial charge in [0.25, 0.3) is 0 Å². The third-order valence-corrected chi connectivity index (χ3v) is 1.19. The van der Waals surface area contributed by atoms with Crippen LogP contribution in [-0.4, -0.2) is 28.6 Å². The molecule has 0 aliphatic heterocycles. The van der Waals surface area contributed by atoms with Crippen molar-refractivity contribution in [1.29, 1.82) is 10.8 Å². The summed E-state index contributed by atoms with van der Waals surface area (Å²) >= 11 is 0. The summed E-state index contributed by atoms with van der Waals surface area (Å²) in [6, 6.07) is 6.36. The molecule has 1 rings (SSSR count). The van der Waals surface area contributed by atoms with E-state index in [9.17, 15) is 4.79 Å². The molecule has 0 bridgehead atoms. The monoisotopic (exact) mass is 263 g/mol. The quantitative estimate of drug-likeness (QED) is 0.315. The molecule has 94 valence electrons. The van der Waals surface area contributed by atoms with Crippen molar-refractivity contribution in [2.45, 2.75) is 0 Å². The summed E-state index contributed by atoms with van der Waals surface area (Å²) in [7, 11) is -4.67. The van der Waals surface area contributed by atoms with Gasteiger partial charge in [-0.1, -0.05) is 12.1 Å². The van der Waals surface area contributed by atoms with Gasteiger partial charge >= 0.3 is 16.4 Å². The third kappa shape index (κ3) is 11.7. The van der Waals surface area contributed by atoms with Gasteiger partial charge < -0.3 is 10.8 Å². The molecule has 5 N–H and O–H groups in total. The van der Waals surface area contributed by atoms with Crippen LogP contribution < -0.4 is 5.73 Å². The van der Waals surface area contributed by atoms with Gasteiger partial charge in [-0.2, -0.15) is 8.42 Å². The maximum Gasteiger partial charge on any atom is 0.394 e. The number of carboxylic acids is 1. The average Bonchev–Trinajstić information content (AvgIpc) is 2.18. The second-order valence-corrected chi connectivity index (χ2v) is 3.24. The highest BCUT2D eigenvalue weighted by molar-refractivity contribution is 7.79. The first-order valence-electron chi connectivity index (χ1n) is 3.69. The zero-order valence-electron chi connectivity index (χ0n) is 8.26. The Hall–Kier alpha value is -2.22. The third-order valence-electron chi connectivity index (χ3n) is 1.19. The summed E-state index contributed by atoms with van der Waals surface area (Å²) in [6.07, 6.45) is 0. The molecular formula is C7H9N3O6S. The van der Waals surface area contributed by atoms with Gasteiger partial charge in [-0.3, -0.25) is 9.11 Å². The Balaban J connectivity index is 0. The van der Waals surface area contributed by atoms with E-state index in [0.717, 1.165) is 0 Å². The number of nitrogens with two attached hydrogens (primary N) is 1. The van der Waals surface area contributed by atoms with E-state index in [-0.39, 0.29) is 5.56 Å². The number of nitrogen functional groups attached to an aromatic ring is 1. The topological polar surface area (TPSA) is 185 Å². The molecule has 1 aromatic carbocycles. The number of benzene rings is 1. The van der Waals surface area contributed by atoms with E-state index in [2.05, 4.69) is 0 Å². The van der Waals surface area contributed by atoms with E-state index in [4.69, 9.17) is 39.1 Å². The van der Waals surface area contributed by atoms with Crippen LogP contribution in [-0.2, 0) is 10.4 Å². The second-order valence-electron chi connectivity index (χ2n) is 2.34. The van der Waals surface area contributed by atoms with Crippen LogP contribution in [0.4, 0.5) is 5.69 Å². The zero-order valence-corrected chi connectivity index (χ0v) is 9.07. The van der Waals surface area contributed by atoms with Crippen molar-refractivity contribution in [2.24, 2.45) is 0 Å². The standard InChI is InChI=1S/C7H7NO2.N2.H2O4S/c8-6-4-2-1-3-5(6)7(9)10;1-2;1-5(2,3)4/h1-4H,8H2,(H,9,10);;(H2,1,2,3,4). The summed E-state index contributed by atoms with van der Waals surface area (Å²) in [5.74, 6) is -0.988. The van der Waals surface area contributed by atoms with E-state index in [1.807, 2.05) is 0 Å². The molecule has 0 saturated carbocycles. The number of carboxylic acid groups (broad SMARTS) is 1. The number of carbonyl (C=O) groups is 1.